The van der Waals surface area contributed by atoms with Crippen LogP contribution in [0.25, 0.3) is 0 Å². The highest BCUT2D eigenvalue weighted by Crippen LogP contribution is 2.19. The van der Waals surface area contributed by atoms with Gasteiger partial charge >= 0.3 is 5.97 Å². The number of rotatable bonds is 5. The van der Waals surface area contributed by atoms with Gasteiger partial charge in [0.2, 0.25) is 0 Å². The molecule has 2 aromatic heterocycles. The number of carboxylic acids is 1. The molecule has 5 heteroatoms. The summed E-state index contributed by atoms with van der Waals surface area (Å²) in [7, 11) is 2.01. The number of carbonyl (C=O) groups is 1. The molecule has 0 bridgehead atoms. The third-order valence-electron chi connectivity index (χ3n) is 2.70. The van der Waals surface area contributed by atoms with Crippen LogP contribution in [0.3, 0.4) is 0 Å². The number of hydrogen-bond acceptors (Lipinski definition) is 4. The minimum absolute atomic E-state index is 0.387. The van der Waals surface area contributed by atoms with Gasteiger partial charge in [0.15, 0.2) is 0 Å². The monoisotopic (exact) mass is 265 g/mol. The van der Waals surface area contributed by atoms with Gasteiger partial charge in [-0.25, -0.2) is 4.79 Å². The van der Waals surface area contributed by atoms with Gasteiger partial charge in [-0.15, -0.1) is 11.3 Å². The van der Waals surface area contributed by atoms with Crippen LogP contribution in [0.2, 0.25) is 0 Å². The van der Waals surface area contributed by atoms with E-state index in [1.54, 1.807) is 12.3 Å². The Morgan fingerprint density at radius 1 is 1.39 bits per heavy atom. The van der Waals surface area contributed by atoms with Crippen LogP contribution in [0.5, 0.6) is 0 Å². The molecule has 0 amide bonds. The molecule has 0 aromatic carbocycles. The Kier molecular flexibility index (Phi) is 3.84. The van der Waals surface area contributed by atoms with Crippen molar-refractivity contribution in [2.24, 2.45) is 0 Å². The van der Waals surface area contributed by atoms with E-state index in [0.717, 1.165) is 29.3 Å². The van der Waals surface area contributed by atoms with Gasteiger partial charge in [-0.05, 0) is 32.2 Å². The molecule has 0 radical (unpaired) electrons. The molecule has 0 aliphatic heterocycles. The van der Waals surface area contributed by atoms with Crippen molar-refractivity contribution in [3.63, 3.8) is 0 Å². The van der Waals surface area contributed by atoms with E-state index < -0.39 is 5.97 Å². The molecule has 0 aliphatic rings. The van der Waals surface area contributed by atoms with Gasteiger partial charge in [0.25, 0.3) is 0 Å². The summed E-state index contributed by atoms with van der Waals surface area (Å²) in [5.41, 5.74) is 1.16. The maximum atomic E-state index is 10.8. The summed E-state index contributed by atoms with van der Waals surface area (Å²) in [5.74, 6) is 0.0684. The number of carboxylic acid groups (broad SMARTS) is 1. The molecule has 2 rings (SSSR count). The zero-order valence-electron chi connectivity index (χ0n) is 10.3. The molecule has 0 saturated heterocycles. The van der Waals surface area contributed by atoms with Crippen LogP contribution >= 0.6 is 11.3 Å². The SMILES string of the molecule is Cc1occc1CN(C)Cc1ccc(C(=O)O)s1. The Hall–Kier alpha value is -1.59. The summed E-state index contributed by atoms with van der Waals surface area (Å²) in [6.07, 6.45) is 1.69. The molecule has 0 aliphatic carbocycles. The summed E-state index contributed by atoms with van der Waals surface area (Å²) in [6, 6.07) is 5.48. The van der Waals surface area contributed by atoms with Crippen molar-refractivity contribution < 1.29 is 14.3 Å². The summed E-state index contributed by atoms with van der Waals surface area (Å²) in [4.78, 5) is 14.4. The first kappa shape index (κ1) is 12.9. The van der Waals surface area contributed by atoms with E-state index in [4.69, 9.17) is 9.52 Å². The molecule has 0 atom stereocenters. The molecule has 0 unspecified atom stereocenters. The van der Waals surface area contributed by atoms with E-state index in [9.17, 15) is 4.79 Å². The van der Waals surface area contributed by atoms with Crippen LogP contribution in [0.1, 0.15) is 25.9 Å². The van der Waals surface area contributed by atoms with Crippen molar-refractivity contribution in [1.82, 2.24) is 4.90 Å². The normalized spacial score (nSPS) is 11.1. The van der Waals surface area contributed by atoms with Crippen LogP contribution in [0.4, 0.5) is 0 Å². The second-order valence-corrected chi connectivity index (χ2v) is 5.41. The highest BCUT2D eigenvalue weighted by Gasteiger charge is 2.10. The molecule has 2 aromatic rings. The zero-order valence-corrected chi connectivity index (χ0v) is 11.2. The van der Waals surface area contributed by atoms with E-state index in [1.807, 2.05) is 26.1 Å². The predicted molar refractivity (Wildman–Crippen MR) is 69.9 cm³/mol. The minimum atomic E-state index is -0.861. The summed E-state index contributed by atoms with van der Waals surface area (Å²) in [5, 5.41) is 8.86. The Bertz CT molecular complexity index is 544. The van der Waals surface area contributed by atoms with Crippen molar-refractivity contribution >= 4 is 17.3 Å². The number of hydrogen-bond donors (Lipinski definition) is 1. The molecule has 2 heterocycles. The van der Waals surface area contributed by atoms with Crippen molar-refractivity contribution in [3.05, 3.63) is 45.5 Å². The molecule has 18 heavy (non-hydrogen) atoms. The van der Waals surface area contributed by atoms with Crippen molar-refractivity contribution in [2.75, 3.05) is 7.05 Å². The first-order valence-electron chi connectivity index (χ1n) is 5.60. The molecular formula is C13H15NO3S. The van der Waals surface area contributed by atoms with Crippen LogP contribution in [0, 0.1) is 6.92 Å². The van der Waals surface area contributed by atoms with Crippen LogP contribution < -0.4 is 0 Å². The van der Waals surface area contributed by atoms with E-state index in [2.05, 4.69) is 4.90 Å². The van der Waals surface area contributed by atoms with Crippen molar-refractivity contribution in [1.29, 1.82) is 0 Å². The van der Waals surface area contributed by atoms with Gasteiger partial charge in [0, 0.05) is 23.5 Å². The van der Waals surface area contributed by atoms with Crippen LogP contribution in [-0.2, 0) is 13.1 Å². The Morgan fingerprint density at radius 3 is 2.72 bits per heavy atom. The van der Waals surface area contributed by atoms with Gasteiger partial charge in [-0.1, -0.05) is 0 Å². The van der Waals surface area contributed by atoms with Gasteiger partial charge in [-0.2, -0.15) is 0 Å². The quantitative estimate of drug-likeness (QED) is 0.903. The second kappa shape index (κ2) is 5.37. The lowest BCUT2D eigenvalue weighted by Gasteiger charge is -2.14. The van der Waals surface area contributed by atoms with E-state index in [-0.39, 0.29) is 0 Å². The van der Waals surface area contributed by atoms with E-state index >= 15 is 0 Å². The summed E-state index contributed by atoms with van der Waals surface area (Å²) >= 11 is 1.32. The fraction of sp³-hybridized carbons (Fsp3) is 0.308. The molecular weight excluding hydrogens is 250 g/mol. The Morgan fingerprint density at radius 2 is 2.17 bits per heavy atom. The topological polar surface area (TPSA) is 53.7 Å². The summed E-state index contributed by atoms with van der Waals surface area (Å²) < 4.78 is 5.25. The van der Waals surface area contributed by atoms with Gasteiger partial charge in [0.1, 0.15) is 10.6 Å². The average molecular weight is 265 g/mol. The highest BCUT2D eigenvalue weighted by molar-refractivity contribution is 7.13. The van der Waals surface area contributed by atoms with Gasteiger partial charge in [0.05, 0.1) is 6.26 Å². The Balaban J connectivity index is 1.96. The molecule has 0 saturated carbocycles. The third-order valence-corrected chi connectivity index (χ3v) is 3.76. The largest absolute Gasteiger partial charge is 0.477 e. The molecule has 1 N–H and O–H groups in total. The van der Waals surface area contributed by atoms with Crippen molar-refractivity contribution in [3.8, 4) is 0 Å². The molecule has 0 fully saturated rings. The van der Waals surface area contributed by atoms with E-state index in [1.165, 1.54) is 11.3 Å². The van der Waals surface area contributed by atoms with Crippen LogP contribution in [-0.4, -0.2) is 23.0 Å². The third kappa shape index (κ3) is 3.00. The first-order chi connectivity index (χ1) is 8.56. The standard InChI is InChI=1S/C13H15NO3S/c1-9-10(5-6-17-9)7-14(2)8-11-3-4-12(18-11)13(15)16/h3-6H,7-8H2,1-2H3,(H,15,16). The fourth-order valence-electron chi connectivity index (χ4n) is 1.77. The maximum Gasteiger partial charge on any atom is 0.345 e. The number of aryl methyl sites for hydroxylation is 1. The average Bonchev–Trinajstić information content (AvgIpc) is 2.89. The predicted octanol–water partition coefficient (Wildman–Crippen LogP) is 2.98. The summed E-state index contributed by atoms with van der Waals surface area (Å²) in [6.45, 7) is 3.47. The van der Waals surface area contributed by atoms with Gasteiger partial charge < -0.3 is 9.52 Å². The minimum Gasteiger partial charge on any atom is -0.477 e. The fourth-order valence-corrected chi connectivity index (χ4v) is 2.69. The zero-order chi connectivity index (χ0) is 13.1. The first-order valence-corrected chi connectivity index (χ1v) is 6.41. The van der Waals surface area contributed by atoms with Crippen LogP contribution in [0.15, 0.2) is 28.9 Å². The second-order valence-electron chi connectivity index (χ2n) is 4.25. The van der Waals surface area contributed by atoms with E-state index in [0.29, 0.717) is 4.88 Å². The number of furan rings is 1. The number of aromatic carboxylic acids is 1. The van der Waals surface area contributed by atoms with Crippen molar-refractivity contribution in [2.45, 2.75) is 20.0 Å². The smallest absolute Gasteiger partial charge is 0.345 e. The number of thiophene rings is 1. The lowest BCUT2D eigenvalue weighted by atomic mass is 10.2. The molecule has 96 valence electrons. The maximum absolute atomic E-state index is 10.8. The molecule has 4 nitrogen and oxygen atoms in total. The number of nitrogens with zero attached hydrogens (tertiary/aromatic N) is 1. The lowest BCUT2D eigenvalue weighted by molar-refractivity contribution is 0.0702. The lowest BCUT2D eigenvalue weighted by Crippen LogP contribution is -2.16. The Labute approximate surface area is 109 Å². The highest BCUT2D eigenvalue weighted by atomic mass is 32.1. The van der Waals surface area contributed by atoms with Gasteiger partial charge in [-0.3, -0.25) is 4.90 Å². The molecule has 0 spiro atoms.